The third-order valence-electron chi connectivity index (χ3n) is 4.84. The van der Waals surface area contributed by atoms with Crippen molar-refractivity contribution in [2.24, 2.45) is 5.92 Å². The zero-order valence-corrected chi connectivity index (χ0v) is 18.4. The van der Waals surface area contributed by atoms with E-state index in [2.05, 4.69) is 0 Å². The lowest BCUT2D eigenvalue weighted by Gasteiger charge is -2.43. The van der Waals surface area contributed by atoms with Crippen LogP contribution < -0.4 is 0 Å². The Hall–Kier alpha value is -0.950. The first-order valence-electron chi connectivity index (χ1n) is 8.78. The minimum atomic E-state index is -1.71. The third-order valence-corrected chi connectivity index (χ3v) is 6.80. The predicted molar refractivity (Wildman–Crippen MR) is 111 cm³/mol. The minimum absolute atomic E-state index is 0.00448. The van der Waals surface area contributed by atoms with E-state index < -0.39 is 26.5 Å². The number of fused-ring (bicyclic) bond motifs is 1. The summed E-state index contributed by atoms with van der Waals surface area (Å²) >= 11 is 18.4. The Labute approximate surface area is 183 Å². The lowest BCUT2D eigenvalue weighted by Crippen LogP contribution is -2.63. The predicted octanol–water partition coefficient (Wildman–Crippen LogP) is 3.78. The Bertz CT molecular complexity index is 781. The maximum atomic E-state index is 12.7. The number of ketones is 1. The number of hydrogen-bond acceptors (Lipinski definition) is 5. The number of carbonyl (C=O) groups is 3. The van der Waals surface area contributed by atoms with Gasteiger partial charge >= 0.3 is 5.97 Å². The van der Waals surface area contributed by atoms with Crippen molar-refractivity contribution >= 4 is 64.2 Å². The van der Waals surface area contributed by atoms with Crippen molar-refractivity contribution in [2.75, 3.05) is 6.61 Å². The van der Waals surface area contributed by atoms with Gasteiger partial charge in [-0.2, -0.15) is 0 Å². The average Bonchev–Trinajstić information content (AvgIpc) is 2.86. The van der Waals surface area contributed by atoms with Crippen LogP contribution in [-0.4, -0.2) is 49.1 Å². The molecule has 1 aromatic rings. The molecule has 5 nitrogen and oxygen atoms in total. The highest BCUT2D eigenvalue weighted by Gasteiger charge is 2.64. The van der Waals surface area contributed by atoms with Crippen molar-refractivity contribution in [1.82, 2.24) is 4.90 Å². The van der Waals surface area contributed by atoms with E-state index in [1.165, 1.54) is 16.7 Å². The number of hydrogen-bond donors (Lipinski definition) is 0. The van der Waals surface area contributed by atoms with Gasteiger partial charge in [0.25, 0.3) is 0 Å². The van der Waals surface area contributed by atoms with Gasteiger partial charge in [-0.3, -0.25) is 9.59 Å². The van der Waals surface area contributed by atoms with Crippen molar-refractivity contribution in [3.63, 3.8) is 0 Å². The van der Waals surface area contributed by atoms with Crippen molar-refractivity contribution in [2.45, 2.75) is 46.6 Å². The second kappa shape index (κ2) is 8.05. The van der Waals surface area contributed by atoms with Crippen LogP contribution in [0.3, 0.4) is 0 Å². The van der Waals surface area contributed by atoms with Crippen LogP contribution in [0.1, 0.15) is 25.8 Å². The monoisotopic (exact) mass is 463 g/mol. The van der Waals surface area contributed by atoms with Crippen LogP contribution in [0, 0.1) is 5.92 Å². The number of Topliss-reactive ketones (excluding diaryl/α,β-unsaturated/α-hetero) is 1. The van der Waals surface area contributed by atoms with Gasteiger partial charge < -0.3 is 9.64 Å². The fourth-order valence-electron chi connectivity index (χ4n) is 3.63. The first kappa shape index (κ1) is 21.8. The van der Waals surface area contributed by atoms with Gasteiger partial charge in [-0.15, -0.1) is 11.8 Å². The molecule has 0 radical (unpaired) electrons. The van der Waals surface area contributed by atoms with E-state index in [0.29, 0.717) is 6.42 Å². The molecule has 3 atom stereocenters. The Morgan fingerprint density at radius 1 is 1.21 bits per heavy atom. The maximum Gasteiger partial charge on any atom is 0.330 e. The van der Waals surface area contributed by atoms with E-state index >= 15 is 0 Å². The summed E-state index contributed by atoms with van der Waals surface area (Å²) in [5.74, 6) is -1.23. The summed E-state index contributed by atoms with van der Waals surface area (Å²) in [6.07, 6.45) is 0.452. The van der Waals surface area contributed by atoms with Crippen LogP contribution in [0.5, 0.6) is 0 Å². The van der Waals surface area contributed by atoms with Gasteiger partial charge in [-0.05, 0) is 19.4 Å². The molecule has 2 heterocycles. The molecule has 2 aliphatic rings. The van der Waals surface area contributed by atoms with E-state index in [-0.39, 0.29) is 30.1 Å². The minimum Gasteiger partial charge on any atom is -0.460 e. The van der Waals surface area contributed by atoms with Gasteiger partial charge in [0.05, 0.1) is 11.3 Å². The summed E-state index contributed by atoms with van der Waals surface area (Å²) in [6.45, 7) is 3.35. The van der Waals surface area contributed by atoms with Crippen molar-refractivity contribution in [1.29, 1.82) is 0 Å². The summed E-state index contributed by atoms with van der Waals surface area (Å²) in [4.78, 5) is 39.2. The number of rotatable bonds is 6. The summed E-state index contributed by atoms with van der Waals surface area (Å²) in [7, 11) is 0. The molecular formula is C19H20Cl3NO4S. The maximum absolute atomic E-state index is 12.7. The number of thioether (sulfide) groups is 1. The fourth-order valence-corrected chi connectivity index (χ4v) is 5.47. The SMILES string of the molecule is CC1(C)S[C@@H]2[C@@H](CC(=O)Cc3ccccc3)C(=O)N2[C@H]1C(=O)OCC(Cl)(Cl)Cl. The highest BCUT2D eigenvalue weighted by Crippen LogP contribution is 2.54. The molecule has 0 aliphatic carbocycles. The zero-order chi connectivity index (χ0) is 20.7. The summed E-state index contributed by atoms with van der Waals surface area (Å²) < 4.78 is 2.83. The quantitative estimate of drug-likeness (QED) is 0.364. The Morgan fingerprint density at radius 2 is 1.86 bits per heavy atom. The molecule has 0 aromatic heterocycles. The lowest BCUT2D eigenvalue weighted by atomic mass is 9.87. The molecule has 0 spiro atoms. The number of halogens is 3. The van der Waals surface area contributed by atoms with Crippen molar-refractivity contribution < 1.29 is 19.1 Å². The Kier molecular flexibility index (Phi) is 6.26. The average molecular weight is 465 g/mol. The molecular weight excluding hydrogens is 445 g/mol. The molecule has 2 fully saturated rings. The molecule has 1 amide bonds. The summed E-state index contributed by atoms with van der Waals surface area (Å²) in [6, 6.07) is 8.64. The normalized spacial score (nSPS) is 25.8. The van der Waals surface area contributed by atoms with Gasteiger partial charge in [-0.25, -0.2) is 4.79 Å². The topological polar surface area (TPSA) is 63.7 Å². The molecule has 28 heavy (non-hydrogen) atoms. The molecule has 2 saturated heterocycles. The molecule has 1 aromatic carbocycles. The zero-order valence-electron chi connectivity index (χ0n) is 15.4. The highest BCUT2D eigenvalue weighted by molar-refractivity contribution is 8.01. The number of β-lactam (4-membered cyclic amide) rings is 1. The molecule has 2 aliphatic heterocycles. The highest BCUT2D eigenvalue weighted by atomic mass is 35.6. The van der Waals surface area contributed by atoms with Gasteiger partial charge in [-0.1, -0.05) is 65.1 Å². The van der Waals surface area contributed by atoms with Crippen molar-refractivity contribution in [3.05, 3.63) is 35.9 Å². The number of alkyl halides is 3. The van der Waals surface area contributed by atoms with Crippen LogP contribution in [0.4, 0.5) is 0 Å². The number of esters is 1. The van der Waals surface area contributed by atoms with Gasteiger partial charge in [0.1, 0.15) is 18.4 Å². The second-order valence-electron chi connectivity index (χ2n) is 7.49. The Morgan fingerprint density at radius 3 is 2.46 bits per heavy atom. The first-order chi connectivity index (χ1) is 13.0. The number of amides is 1. The van der Waals surface area contributed by atoms with E-state index in [9.17, 15) is 14.4 Å². The number of nitrogens with zero attached hydrogens (tertiary/aromatic N) is 1. The second-order valence-corrected chi connectivity index (χ2v) is 11.8. The fraction of sp³-hybridized carbons (Fsp3) is 0.526. The van der Waals surface area contributed by atoms with Gasteiger partial charge in [0.15, 0.2) is 0 Å². The number of carbonyl (C=O) groups excluding carboxylic acids is 3. The third kappa shape index (κ3) is 4.61. The molecule has 0 unspecified atom stereocenters. The van der Waals surface area contributed by atoms with E-state index in [4.69, 9.17) is 39.5 Å². The van der Waals surface area contributed by atoms with Crippen LogP contribution in [0.25, 0.3) is 0 Å². The van der Waals surface area contributed by atoms with E-state index in [1.807, 2.05) is 44.2 Å². The largest absolute Gasteiger partial charge is 0.460 e. The van der Waals surface area contributed by atoms with E-state index in [0.717, 1.165) is 5.56 Å². The van der Waals surface area contributed by atoms with Gasteiger partial charge in [0, 0.05) is 17.6 Å². The Balaban J connectivity index is 1.64. The van der Waals surface area contributed by atoms with E-state index in [1.54, 1.807) is 0 Å². The summed E-state index contributed by atoms with van der Waals surface area (Å²) in [5, 5.41) is -0.229. The number of ether oxygens (including phenoxy) is 1. The molecule has 0 saturated carbocycles. The molecule has 3 rings (SSSR count). The molecule has 9 heteroatoms. The molecule has 0 N–H and O–H groups in total. The van der Waals surface area contributed by atoms with Crippen LogP contribution in [0.15, 0.2) is 30.3 Å². The number of benzene rings is 1. The van der Waals surface area contributed by atoms with Crippen LogP contribution in [0.2, 0.25) is 0 Å². The standard InChI is InChI=1S/C19H20Cl3NO4S/c1-18(2)14(17(26)27-10-19(20,21)22)23-15(25)13(16(23)28-18)9-12(24)8-11-6-4-3-5-7-11/h3-7,13-14,16H,8-10H2,1-2H3/t13-,14-,16+/m0/s1. The molecule has 152 valence electrons. The van der Waals surface area contributed by atoms with Crippen LogP contribution >= 0.6 is 46.6 Å². The summed E-state index contributed by atoms with van der Waals surface area (Å²) in [5.41, 5.74) is 0.920. The van der Waals surface area contributed by atoms with Crippen LogP contribution in [-0.2, 0) is 25.5 Å². The first-order valence-corrected chi connectivity index (χ1v) is 10.8. The van der Waals surface area contributed by atoms with Crippen molar-refractivity contribution in [3.8, 4) is 0 Å². The smallest absolute Gasteiger partial charge is 0.330 e. The lowest BCUT2D eigenvalue weighted by molar-refractivity contribution is -0.167. The van der Waals surface area contributed by atoms with Gasteiger partial charge in [0.2, 0.25) is 9.70 Å². The molecule has 0 bridgehead atoms.